The van der Waals surface area contributed by atoms with Gasteiger partial charge in [0.05, 0.1) is 23.2 Å². The van der Waals surface area contributed by atoms with Crippen molar-refractivity contribution in [1.82, 2.24) is 10.6 Å². The van der Waals surface area contributed by atoms with Crippen LogP contribution in [0.1, 0.15) is 52.6 Å². The standard InChI is InChI=1S/C24H20FNO6.C24H21NO6/c25-17-9-10-18(19(13-17)23(29)30)15-7-4-8-16(12-15)22(28)26-20(21(27)24(31)32)11-14-5-2-1-3-6-14;26-21(24(30)31)20(13-15-7-2-1-3-8-15)25-22(27)17-10-6-9-16(14-17)18-11-4-5-12-19(18)23(28)29/h1-10,12-13,20-21,27H,11H2,(H,26,28)(H,29,30)(H,31,32);1-12,14,20-21,26H,13H2,(H,25,27)(H,28,29)(H,30,31)/t2*20-,21-/m11/s1. The number of rotatable bonds is 16. The quantitative estimate of drug-likeness (QED) is 0.0574. The molecule has 6 aromatic carbocycles. The van der Waals surface area contributed by atoms with E-state index in [4.69, 9.17) is 0 Å². The van der Waals surface area contributed by atoms with Crippen LogP contribution in [0.25, 0.3) is 22.3 Å². The summed E-state index contributed by atoms with van der Waals surface area (Å²) in [5, 5.41) is 62.6. The van der Waals surface area contributed by atoms with Crippen LogP contribution in [0.4, 0.5) is 4.39 Å². The van der Waals surface area contributed by atoms with Crippen LogP contribution >= 0.6 is 0 Å². The third-order valence-corrected chi connectivity index (χ3v) is 9.74. The molecule has 0 aromatic heterocycles. The number of amides is 2. The lowest BCUT2D eigenvalue weighted by atomic mass is 9.97. The molecule has 0 radical (unpaired) electrons. The van der Waals surface area contributed by atoms with Gasteiger partial charge in [-0.3, -0.25) is 9.59 Å². The molecule has 0 heterocycles. The van der Waals surface area contributed by atoms with Gasteiger partial charge in [0.1, 0.15) is 5.82 Å². The number of hydrogen-bond donors (Lipinski definition) is 8. The first-order chi connectivity index (χ1) is 30.1. The van der Waals surface area contributed by atoms with E-state index in [-0.39, 0.29) is 40.7 Å². The van der Waals surface area contributed by atoms with Gasteiger partial charge >= 0.3 is 23.9 Å². The number of carbonyl (C=O) groups excluding carboxylic acids is 2. The summed E-state index contributed by atoms with van der Waals surface area (Å²) in [6.07, 6.45) is -3.42. The molecule has 6 aromatic rings. The molecule has 0 saturated carbocycles. The number of carboxylic acids is 4. The fourth-order valence-electron chi connectivity index (χ4n) is 6.59. The van der Waals surface area contributed by atoms with Gasteiger partial charge in [-0.05, 0) is 88.7 Å². The molecule has 0 saturated heterocycles. The van der Waals surface area contributed by atoms with Crippen molar-refractivity contribution < 1.29 is 63.8 Å². The van der Waals surface area contributed by atoms with Crippen molar-refractivity contribution in [2.45, 2.75) is 37.1 Å². The number of aliphatic carboxylic acids is 2. The Bertz CT molecular complexity index is 2600. The number of benzene rings is 6. The van der Waals surface area contributed by atoms with Crippen molar-refractivity contribution >= 4 is 35.7 Å². The molecule has 6 rings (SSSR count). The van der Waals surface area contributed by atoms with E-state index in [0.29, 0.717) is 16.7 Å². The van der Waals surface area contributed by atoms with Crippen LogP contribution in [0.2, 0.25) is 0 Å². The van der Waals surface area contributed by atoms with Crippen LogP contribution in [-0.2, 0) is 22.4 Å². The number of halogens is 1. The Kier molecular flexibility index (Phi) is 15.7. The molecule has 0 aliphatic rings. The molecular formula is C48H41FN2O12. The summed E-state index contributed by atoms with van der Waals surface area (Å²) in [5.41, 5.74) is 3.25. The molecule has 0 aliphatic carbocycles. The van der Waals surface area contributed by atoms with Crippen molar-refractivity contribution in [3.05, 3.63) is 191 Å². The predicted molar refractivity (Wildman–Crippen MR) is 228 cm³/mol. The summed E-state index contributed by atoms with van der Waals surface area (Å²) in [6.45, 7) is 0. The highest BCUT2D eigenvalue weighted by Gasteiger charge is 2.29. The van der Waals surface area contributed by atoms with Crippen LogP contribution in [0.3, 0.4) is 0 Å². The van der Waals surface area contributed by atoms with Crippen molar-refractivity contribution in [3.63, 3.8) is 0 Å². The number of nitrogens with one attached hydrogen (secondary N) is 2. The maximum Gasteiger partial charge on any atom is 0.336 e. The first kappa shape index (κ1) is 46.1. The van der Waals surface area contributed by atoms with Crippen molar-refractivity contribution in [1.29, 1.82) is 0 Å². The minimum atomic E-state index is -1.84. The highest BCUT2D eigenvalue weighted by atomic mass is 19.1. The van der Waals surface area contributed by atoms with Gasteiger partial charge in [0.2, 0.25) is 0 Å². The second-order valence-corrected chi connectivity index (χ2v) is 14.1. The Morgan fingerprint density at radius 1 is 0.460 bits per heavy atom. The second-order valence-electron chi connectivity index (χ2n) is 14.1. The van der Waals surface area contributed by atoms with Gasteiger partial charge < -0.3 is 41.3 Å². The Labute approximate surface area is 359 Å². The summed E-state index contributed by atoms with van der Waals surface area (Å²) < 4.78 is 13.5. The van der Waals surface area contributed by atoms with Crippen LogP contribution in [0.15, 0.2) is 152 Å². The first-order valence-electron chi connectivity index (χ1n) is 19.2. The average Bonchev–Trinajstić information content (AvgIpc) is 3.28. The van der Waals surface area contributed by atoms with Crippen LogP contribution in [0.5, 0.6) is 0 Å². The molecule has 14 nitrogen and oxygen atoms in total. The second kappa shape index (κ2) is 21.5. The highest BCUT2D eigenvalue weighted by Crippen LogP contribution is 2.27. The number of aliphatic hydroxyl groups is 2. The lowest BCUT2D eigenvalue weighted by Crippen LogP contribution is -2.48. The van der Waals surface area contributed by atoms with E-state index in [1.807, 2.05) is 6.07 Å². The number of hydrogen-bond acceptors (Lipinski definition) is 8. The van der Waals surface area contributed by atoms with Gasteiger partial charge in [0, 0.05) is 11.1 Å². The average molecular weight is 857 g/mol. The Morgan fingerprint density at radius 2 is 0.873 bits per heavy atom. The van der Waals surface area contributed by atoms with Crippen LogP contribution in [0, 0.1) is 5.82 Å². The fourth-order valence-corrected chi connectivity index (χ4v) is 6.59. The third-order valence-electron chi connectivity index (χ3n) is 9.74. The van der Waals surface area contributed by atoms with Gasteiger partial charge in [0.15, 0.2) is 12.2 Å². The zero-order valence-corrected chi connectivity index (χ0v) is 33.2. The number of aliphatic hydroxyl groups excluding tert-OH is 2. The predicted octanol–water partition coefficient (Wildman–Crippen LogP) is 5.82. The molecule has 0 aliphatic heterocycles. The summed E-state index contributed by atoms with van der Waals surface area (Å²) in [5.74, 6) is -7.24. The lowest BCUT2D eigenvalue weighted by Gasteiger charge is -2.22. The minimum absolute atomic E-state index is 0.0842. The van der Waals surface area contributed by atoms with E-state index in [1.54, 1.807) is 91.0 Å². The molecule has 2 amide bonds. The Morgan fingerprint density at radius 3 is 1.30 bits per heavy atom. The zero-order valence-electron chi connectivity index (χ0n) is 33.2. The van der Waals surface area contributed by atoms with E-state index >= 15 is 0 Å². The molecule has 0 spiro atoms. The van der Waals surface area contributed by atoms with Gasteiger partial charge in [0.25, 0.3) is 11.8 Å². The SMILES string of the molecule is O=C(N[C@H](Cc1ccccc1)[C@@H](O)C(=O)O)c1cccc(-c2ccc(F)cc2C(=O)O)c1.O=C(N[C@H](Cc1ccccc1)[C@@H](O)C(=O)O)c1cccc(-c2ccccc2C(=O)O)c1. The molecule has 0 unspecified atom stereocenters. The minimum Gasteiger partial charge on any atom is -0.479 e. The fraction of sp³-hybridized carbons (Fsp3) is 0.125. The first-order valence-corrected chi connectivity index (χ1v) is 19.2. The van der Waals surface area contributed by atoms with Gasteiger partial charge in [-0.2, -0.15) is 0 Å². The van der Waals surface area contributed by atoms with Crippen LogP contribution < -0.4 is 10.6 Å². The number of carbonyl (C=O) groups is 6. The lowest BCUT2D eigenvalue weighted by molar-refractivity contribution is -0.148. The summed E-state index contributed by atoms with van der Waals surface area (Å²) in [4.78, 5) is 71.3. The van der Waals surface area contributed by atoms with E-state index < -0.39 is 65.8 Å². The maximum atomic E-state index is 13.5. The molecule has 63 heavy (non-hydrogen) atoms. The third kappa shape index (κ3) is 12.5. The van der Waals surface area contributed by atoms with Crippen molar-refractivity contribution in [2.24, 2.45) is 0 Å². The van der Waals surface area contributed by atoms with E-state index in [0.717, 1.165) is 23.3 Å². The van der Waals surface area contributed by atoms with E-state index in [2.05, 4.69) is 10.6 Å². The van der Waals surface area contributed by atoms with Crippen LogP contribution in [-0.4, -0.2) is 90.6 Å². The van der Waals surface area contributed by atoms with Gasteiger partial charge in [-0.1, -0.05) is 109 Å². The smallest absolute Gasteiger partial charge is 0.336 e. The zero-order chi connectivity index (χ0) is 45.6. The topological polar surface area (TPSA) is 248 Å². The van der Waals surface area contributed by atoms with Gasteiger partial charge in [-0.15, -0.1) is 0 Å². The summed E-state index contributed by atoms with van der Waals surface area (Å²) in [7, 11) is 0. The largest absolute Gasteiger partial charge is 0.479 e. The monoisotopic (exact) mass is 856 g/mol. The van der Waals surface area contributed by atoms with E-state index in [9.17, 15) is 63.8 Å². The molecule has 0 bridgehead atoms. The summed E-state index contributed by atoms with van der Waals surface area (Å²) in [6, 6.07) is 37.7. The summed E-state index contributed by atoms with van der Waals surface area (Å²) >= 11 is 0. The van der Waals surface area contributed by atoms with Gasteiger partial charge in [-0.25, -0.2) is 23.6 Å². The molecule has 322 valence electrons. The highest BCUT2D eigenvalue weighted by molar-refractivity contribution is 6.00. The number of aromatic carboxylic acids is 2. The molecule has 8 N–H and O–H groups in total. The van der Waals surface area contributed by atoms with E-state index in [1.165, 1.54) is 42.5 Å². The molecule has 0 fully saturated rings. The molecule has 4 atom stereocenters. The Hall–Kier alpha value is -8.01. The molecular weight excluding hydrogens is 816 g/mol. The van der Waals surface area contributed by atoms with Crippen molar-refractivity contribution in [2.75, 3.05) is 0 Å². The number of carboxylic acid groups (broad SMARTS) is 4. The normalized spacial score (nSPS) is 12.6. The van der Waals surface area contributed by atoms with Crippen molar-refractivity contribution in [3.8, 4) is 22.3 Å². The maximum absolute atomic E-state index is 13.5. The Balaban J connectivity index is 0.000000238. The molecule has 15 heteroatoms.